The number of aliphatic carboxylic acids is 1. The van der Waals surface area contributed by atoms with Crippen molar-refractivity contribution in [3.05, 3.63) is 0 Å². The van der Waals surface area contributed by atoms with Gasteiger partial charge in [-0.1, -0.05) is 13.8 Å². The summed E-state index contributed by atoms with van der Waals surface area (Å²) in [5.74, 6) is -0.354. The van der Waals surface area contributed by atoms with Crippen LogP contribution in [0, 0.1) is 11.8 Å². The zero-order valence-corrected chi connectivity index (χ0v) is 13.0. The zero-order valence-electron chi connectivity index (χ0n) is 13.0. The van der Waals surface area contributed by atoms with Crippen molar-refractivity contribution in [3.63, 3.8) is 0 Å². The summed E-state index contributed by atoms with van der Waals surface area (Å²) in [6, 6.07) is -0.892. The summed E-state index contributed by atoms with van der Waals surface area (Å²) in [6.45, 7) is 8.54. The van der Waals surface area contributed by atoms with Gasteiger partial charge in [-0.05, 0) is 50.7 Å². The van der Waals surface area contributed by atoms with Crippen molar-refractivity contribution < 1.29 is 14.7 Å². The molecule has 0 spiro atoms. The molecule has 6 nitrogen and oxygen atoms in total. The van der Waals surface area contributed by atoms with E-state index in [-0.39, 0.29) is 11.9 Å². The van der Waals surface area contributed by atoms with Crippen LogP contribution in [0.1, 0.15) is 33.1 Å². The molecule has 0 bridgehead atoms. The van der Waals surface area contributed by atoms with Gasteiger partial charge in [0, 0.05) is 13.1 Å². The molecule has 21 heavy (non-hydrogen) atoms. The van der Waals surface area contributed by atoms with Gasteiger partial charge in [-0.25, -0.2) is 9.59 Å². The van der Waals surface area contributed by atoms with E-state index in [1.54, 1.807) is 0 Å². The summed E-state index contributed by atoms with van der Waals surface area (Å²) in [5.41, 5.74) is 0. The van der Waals surface area contributed by atoms with E-state index < -0.39 is 12.0 Å². The molecule has 2 unspecified atom stereocenters. The molecule has 0 radical (unpaired) electrons. The summed E-state index contributed by atoms with van der Waals surface area (Å²) in [4.78, 5) is 27.4. The van der Waals surface area contributed by atoms with Crippen molar-refractivity contribution >= 4 is 12.0 Å². The lowest BCUT2D eigenvalue weighted by Crippen LogP contribution is -2.49. The molecule has 120 valence electrons. The summed E-state index contributed by atoms with van der Waals surface area (Å²) in [6.07, 6.45) is 2.97. The fourth-order valence-electron chi connectivity index (χ4n) is 3.39. The van der Waals surface area contributed by atoms with Gasteiger partial charge < -0.3 is 20.2 Å². The minimum absolute atomic E-state index is 0.0287. The van der Waals surface area contributed by atoms with Crippen LogP contribution in [0.2, 0.25) is 0 Å². The molecule has 2 atom stereocenters. The monoisotopic (exact) mass is 297 g/mol. The number of carbonyl (C=O) groups is 2. The smallest absolute Gasteiger partial charge is 0.326 e. The predicted molar refractivity (Wildman–Crippen MR) is 80.1 cm³/mol. The molecule has 0 saturated carbocycles. The molecule has 0 aromatic heterocycles. The zero-order chi connectivity index (χ0) is 15.4. The first kappa shape index (κ1) is 16.1. The molecular formula is C15H27N3O3. The number of likely N-dealkylation sites (tertiary alicyclic amines) is 2. The Labute approximate surface area is 126 Å². The van der Waals surface area contributed by atoms with Gasteiger partial charge in [-0.3, -0.25) is 0 Å². The maximum atomic E-state index is 12.2. The van der Waals surface area contributed by atoms with Crippen LogP contribution in [-0.4, -0.2) is 65.7 Å². The number of carbonyl (C=O) groups excluding carboxylic acids is 1. The first-order chi connectivity index (χ1) is 10.0. The number of hydrogen-bond donors (Lipinski definition) is 2. The first-order valence-corrected chi connectivity index (χ1v) is 8.02. The number of piperidine rings is 1. The van der Waals surface area contributed by atoms with Crippen molar-refractivity contribution in [1.82, 2.24) is 15.1 Å². The van der Waals surface area contributed by atoms with Gasteiger partial charge in [0.2, 0.25) is 0 Å². The quantitative estimate of drug-likeness (QED) is 0.818. The SMILES string of the molecule is CCN1CCC(CNC(=O)N2CCC(C)C2C(=O)O)CC1. The second-order valence-corrected chi connectivity index (χ2v) is 6.31. The van der Waals surface area contributed by atoms with Crippen molar-refractivity contribution in [2.75, 3.05) is 32.7 Å². The molecule has 2 aliphatic rings. The molecule has 0 aliphatic carbocycles. The molecule has 0 aromatic rings. The van der Waals surface area contributed by atoms with Gasteiger partial charge >= 0.3 is 12.0 Å². The van der Waals surface area contributed by atoms with Gasteiger partial charge in [0.1, 0.15) is 6.04 Å². The fraction of sp³-hybridized carbons (Fsp3) is 0.867. The van der Waals surface area contributed by atoms with Crippen LogP contribution < -0.4 is 5.32 Å². The number of urea groups is 1. The molecular weight excluding hydrogens is 270 g/mol. The highest BCUT2D eigenvalue weighted by Crippen LogP contribution is 2.24. The van der Waals surface area contributed by atoms with Crippen LogP contribution in [0.25, 0.3) is 0 Å². The summed E-state index contributed by atoms with van der Waals surface area (Å²) >= 11 is 0. The maximum Gasteiger partial charge on any atom is 0.326 e. The van der Waals surface area contributed by atoms with Crippen LogP contribution in [0.15, 0.2) is 0 Å². The van der Waals surface area contributed by atoms with E-state index in [1.165, 1.54) is 4.90 Å². The molecule has 0 aromatic carbocycles. The van der Waals surface area contributed by atoms with Gasteiger partial charge in [0.15, 0.2) is 0 Å². The van der Waals surface area contributed by atoms with Gasteiger partial charge in [0.25, 0.3) is 0 Å². The van der Waals surface area contributed by atoms with Crippen molar-refractivity contribution in [2.24, 2.45) is 11.8 Å². The minimum atomic E-state index is -0.897. The Kier molecular flexibility index (Phi) is 5.45. The van der Waals surface area contributed by atoms with E-state index in [2.05, 4.69) is 17.1 Å². The third-order valence-electron chi connectivity index (χ3n) is 4.91. The molecule has 2 rings (SSSR count). The van der Waals surface area contributed by atoms with Crippen LogP contribution in [0.5, 0.6) is 0 Å². The number of rotatable bonds is 4. The fourth-order valence-corrected chi connectivity index (χ4v) is 3.39. The van der Waals surface area contributed by atoms with Gasteiger partial charge in [-0.15, -0.1) is 0 Å². The molecule has 2 amide bonds. The van der Waals surface area contributed by atoms with Crippen LogP contribution in [0.3, 0.4) is 0 Å². The number of carboxylic acid groups (broad SMARTS) is 1. The maximum absolute atomic E-state index is 12.2. The lowest BCUT2D eigenvalue weighted by molar-refractivity contribution is -0.142. The Morgan fingerprint density at radius 1 is 1.19 bits per heavy atom. The van der Waals surface area contributed by atoms with Gasteiger partial charge in [-0.2, -0.15) is 0 Å². The minimum Gasteiger partial charge on any atom is -0.480 e. The first-order valence-electron chi connectivity index (χ1n) is 8.02. The largest absolute Gasteiger partial charge is 0.480 e. The number of amides is 2. The van der Waals surface area contributed by atoms with Crippen molar-refractivity contribution in [1.29, 1.82) is 0 Å². The van der Waals surface area contributed by atoms with Crippen LogP contribution >= 0.6 is 0 Å². The van der Waals surface area contributed by atoms with E-state index >= 15 is 0 Å². The van der Waals surface area contributed by atoms with Crippen LogP contribution in [-0.2, 0) is 4.79 Å². The highest BCUT2D eigenvalue weighted by Gasteiger charge is 2.39. The second-order valence-electron chi connectivity index (χ2n) is 6.31. The summed E-state index contributed by atoms with van der Waals surface area (Å²) in [5, 5.41) is 12.2. The molecule has 2 fully saturated rings. The Balaban J connectivity index is 1.78. The second kappa shape index (κ2) is 7.11. The third kappa shape index (κ3) is 3.87. The predicted octanol–water partition coefficient (Wildman–Crippen LogP) is 1.22. The summed E-state index contributed by atoms with van der Waals surface area (Å²) < 4.78 is 0. The molecule has 2 N–H and O–H groups in total. The Morgan fingerprint density at radius 3 is 2.43 bits per heavy atom. The lowest BCUT2D eigenvalue weighted by Gasteiger charge is -2.31. The Morgan fingerprint density at radius 2 is 1.86 bits per heavy atom. The van der Waals surface area contributed by atoms with E-state index in [9.17, 15) is 14.7 Å². The van der Waals surface area contributed by atoms with E-state index in [4.69, 9.17) is 0 Å². The number of nitrogens with one attached hydrogen (secondary N) is 1. The normalized spacial score (nSPS) is 27.8. The van der Waals surface area contributed by atoms with Crippen LogP contribution in [0.4, 0.5) is 4.79 Å². The highest BCUT2D eigenvalue weighted by atomic mass is 16.4. The number of hydrogen-bond acceptors (Lipinski definition) is 3. The third-order valence-corrected chi connectivity index (χ3v) is 4.91. The average molecular weight is 297 g/mol. The van der Waals surface area contributed by atoms with E-state index in [0.29, 0.717) is 19.0 Å². The average Bonchev–Trinajstić information content (AvgIpc) is 2.87. The Bertz CT molecular complexity index is 380. The highest BCUT2D eigenvalue weighted by molar-refractivity contribution is 5.83. The molecule has 2 heterocycles. The molecule has 2 aliphatic heterocycles. The molecule has 6 heteroatoms. The summed E-state index contributed by atoms with van der Waals surface area (Å²) in [7, 11) is 0. The standard InChI is InChI=1S/C15H27N3O3/c1-3-17-7-5-12(6-8-17)10-16-15(21)18-9-4-11(2)13(18)14(19)20/h11-13H,3-10H2,1-2H3,(H,16,21)(H,19,20). The Hall–Kier alpha value is -1.30. The topological polar surface area (TPSA) is 72.9 Å². The lowest BCUT2D eigenvalue weighted by atomic mass is 9.97. The number of carboxylic acids is 1. The van der Waals surface area contributed by atoms with Crippen molar-refractivity contribution in [3.8, 4) is 0 Å². The van der Waals surface area contributed by atoms with E-state index in [0.717, 1.165) is 38.9 Å². The van der Waals surface area contributed by atoms with Crippen molar-refractivity contribution in [2.45, 2.75) is 39.2 Å². The van der Waals surface area contributed by atoms with E-state index in [1.807, 2.05) is 6.92 Å². The molecule has 2 saturated heterocycles. The van der Waals surface area contributed by atoms with Gasteiger partial charge in [0.05, 0.1) is 0 Å². The number of nitrogens with zero attached hydrogens (tertiary/aromatic N) is 2.